The van der Waals surface area contributed by atoms with Crippen molar-refractivity contribution in [2.24, 2.45) is 0 Å². The third-order valence-electron chi connectivity index (χ3n) is 4.17. The molecule has 2 aromatic heterocycles. The van der Waals surface area contributed by atoms with Crippen LogP contribution in [0.5, 0.6) is 0 Å². The number of benzene rings is 1. The van der Waals surface area contributed by atoms with Gasteiger partial charge < -0.3 is 5.32 Å². The number of thiophene rings is 1. The minimum Gasteiger partial charge on any atom is -0.355 e. The number of amides is 1. The zero-order chi connectivity index (χ0) is 20.1. The summed E-state index contributed by atoms with van der Waals surface area (Å²) in [6.07, 6.45) is 2.55. The molecule has 0 aliphatic carbocycles. The number of aromatic nitrogens is 2. The Bertz CT molecular complexity index is 1040. The maximum absolute atomic E-state index is 13.1. The highest BCUT2D eigenvalue weighted by Crippen LogP contribution is 2.32. The van der Waals surface area contributed by atoms with Crippen LogP contribution >= 0.6 is 23.1 Å². The van der Waals surface area contributed by atoms with E-state index in [1.165, 1.54) is 23.1 Å². The standard InChI is InChI=1S/C21H23N3O2S2/c1-4-11-22-19(25)14(3)27-21-23-16-13-17(15-9-7-6-8-10-15)28-18(16)20(26)24(21)12-5-2/h5-10,13-14H,2,4,11-12H2,1,3H3,(H,22,25)/t14-/m0/s1. The van der Waals surface area contributed by atoms with Gasteiger partial charge in [0.2, 0.25) is 5.91 Å². The molecule has 0 aliphatic heterocycles. The van der Waals surface area contributed by atoms with Crippen molar-refractivity contribution in [1.82, 2.24) is 14.9 Å². The largest absolute Gasteiger partial charge is 0.355 e. The van der Waals surface area contributed by atoms with Gasteiger partial charge in [0.15, 0.2) is 5.16 Å². The number of hydrogen-bond acceptors (Lipinski definition) is 5. The van der Waals surface area contributed by atoms with Crippen molar-refractivity contribution in [1.29, 1.82) is 0 Å². The minimum atomic E-state index is -0.348. The number of thioether (sulfide) groups is 1. The average Bonchev–Trinajstić information content (AvgIpc) is 3.14. The second-order valence-corrected chi connectivity index (χ2v) is 8.70. The van der Waals surface area contributed by atoms with E-state index in [0.717, 1.165) is 16.9 Å². The molecule has 0 saturated heterocycles. The number of carbonyl (C=O) groups excluding carboxylic acids is 1. The Balaban J connectivity index is 2.01. The molecule has 0 bridgehead atoms. The van der Waals surface area contributed by atoms with Gasteiger partial charge in [0, 0.05) is 18.0 Å². The lowest BCUT2D eigenvalue weighted by molar-refractivity contribution is -0.120. The Morgan fingerprint density at radius 1 is 1.39 bits per heavy atom. The fraction of sp³-hybridized carbons (Fsp3) is 0.286. The lowest BCUT2D eigenvalue weighted by Gasteiger charge is -2.14. The number of carbonyl (C=O) groups is 1. The van der Waals surface area contributed by atoms with E-state index in [0.29, 0.717) is 28.5 Å². The van der Waals surface area contributed by atoms with Crippen LogP contribution in [0.4, 0.5) is 0 Å². The molecule has 0 saturated carbocycles. The van der Waals surface area contributed by atoms with E-state index in [-0.39, 0.29) is 16.7 Å². The van der Waals surface area contributed by atoms with Gasteiger partial charge in [-0.1, -0.05) is 55.1 Å². The number of nitrogens with one attached hydrogen (secondary N) is 1. The Kier molecular flexibility index (Phi) is 6.70. The van der Waals surface area contributed by atoms with E-state index in [1.807, 2.05) is 50.2 Å². The summed E-state index contributed by atoms with van der Waals surface area (Å²) in [6.45, 7) is 8.58. The van der Waals surface area contributed by atoms with Gasteiger partial charge in [-0.2, -0.15) is 0 Å². The van der Waals surface area contributed by atoms with Gasteiger partial charge in [0.25, 0.3) is 5.56 Å². The Labute approximate surface area is 172 Å². The van der Waals surface area contributed by atoms with Crippen molar-refractivity contribution in [3.63, 3.8) is 0 Å². The topological polar surface area (TPSA) is 64.0 Å². The molecule has 0 aliphatic rings. The van der Waals surface area contributed by atoms with Crippen molar-refractivity contribution in [3.05, 3.63) is 59.4 Å². The molecule has 1 N–H and O–H groups in total. The third kappa shape index (κ3) is 4.36. The normalized spacial score (nSPS) is 12.1. The van der Waals surface area contributed by atoms with Crippen LogP contribution in [0.15, 0.2) is 59.0 Å². The Hall–Kier alpha value is -2.38. The number of allylic oxidation sites excluding steroid dienone is 1. The van der Waals surface area contributed by atoms with Crippen molar-refractivity contribution in [2.45, 2.75) is 37.2 Å². The van der Waals surface area contributed by atoms with Crippen LogP contribution in [0.3, 0.4) is 0 Å². The van der Waals surface area contributed by atoms with E-state index in [4.69, 9.17) is 4.98 Å². The van der Waals surface area contributed by atoms with Gasteiger partial charge in [0.05, 0.1) is 10.8 Å². The van der Waals surface area contributed by atoms with Crippen LogP contribution < -0.4 is 10.9 Å². The number of rotatable bonds is 8. The molecule has 1 amide bonds. The fourth-order valence-corrected chi connectivity index (χ4v) is 4.71. The van der Waals surface area contributed by atoms with E-state index in [2.05, 4.69) is 11.9 Å². The monoisotopic (exact) mass is 413 g/mol. The molecular formula is C21H23N3O2S2. The van der Waals surface area contributed by atoms with Crippen molar-refractivity contribution < 1.29 is 4.79 Å². The maximum atomic E-state index is 13.1. The van der Waals surface area contributed by atoms with E-state index in [9.17, 15) is 9.59 Å². The van der Waals surface area contributed by atoms with Crippen LogP contribution in [-0.4, -0.2) is 27.3 Å². The Morgan fingerprint density at radius 3 is 2.82 bits per heavy atom. The first-order valence-corrected chi connectivity index (χ1v) is 10.9. The highest BCUT2D eigenvalue weighted by atomic mass is 32.2. The first kappa shape index (κ1) is 20.4. The second kappa shape index (κ2) is 9.21. The first-order chi connectivity index (χ1) is 13.5. The molecule has 1 atom stereocenters. The van der Waals surface area contributed by atoms with Crippen LogP contribution in [-0.2, 0) is 11.3 Å². The molecule has 7 heteroatoms. The third-order valence-corrected chi connectivity index (χ3v) is 6.42. The molecule has 0 radical (unpaired) electrons. The van der Waals surface area contributed by atoms with Gasteiger partial charge in [-0.05, 0) is 25.0 Å². The fourth-order valence-electron chi connectivity index (χ4n) is 2.72. The molecule has 3 aromatic rings. The van der Waals surface area contributed by atoms with Gasteiger partial charge in [0.1, 0.15) is 4.70 Å². The van der Waals surface area contributed by atoms with E-state index < -0.39 is 0 Å². The van der Waals surface area contributed by atoms with Crippen molar-refractivity contribution in [3.8, 4) is 10.4 Å². The summed E-state index contributed by atoms with van der Waals surface area (Å²) in [7, 11) is 0. The summed E-state index contributed by atoms with van der Waals surface area (Å²) >= 11 is 2.74. The molecule has 0 spiro atoms. The predicted octanol–water partition coefficient (Wildman–Crippen LogP) is 4.32. The van der Waals surface area contributed by atoms with E-state index in [1.54, 1.807) is 10.6 Å². The SMILES string of the molecule is C=CCn1c(S[C@@H](C)C(=O)NCCC)nc2cc(-c3ccccc3)sc2c1=O. The summed E-state index contributed by atoms with van der Waals surface area (Å²) in [5, 5.41) is 3.08. The molecule has 2 heterocycles. The molecular weight excluding hydrogens is 390 g/mol. The summed E-state index contributed by atoms with van der Waals surface area (Å²) in [5.74, 6) is -0.0540. The highest BCUT2D eigenvalue weighted by Gasteiger charge is 2.20. The molecule has 5 nitrogen and oxygen atoms in total. The maximum Gasteiger partial charge on any atom is 0.272 e. The minimum absolute atomic E-state index is 0.0540. The van der Waals surface area contributed by atoms with Crippen LogP contribution in [0, 0.1) is 0 Å². The lowest BCUT2D eigenvalue weighted by atomic mass is 10.2. The van der Waals surface area contributed by atoms with Gasteiger partial charge in [-0.3, -0.25) is 14.2 Å². The molecule has 146 valence electrons. The summed E-state index contributed by atoms with van der Waals surface area (Å²) in [6, 6.07) is 11.9. The van der Waals surface area contributed by atoms with Crippen molar-refractivity contribution >= 4 is 39.2 Å². The van der Waals surface area contributed by atoms with Crippen LogP contribution in [0.25, 0.3) is 20.7 Å². The lowest BCUT2D eigenvalue weighted by Crippen LogP contribution is -2.32. The second-order valence-electron chi connectivity index (χ2n) is 6.34. The van der Waals surface area contributed by atoms with Gasteiger partial charge in [-0.25, -0.2) is 4.98 Å². The smallest absolute Gasteiger partial charge is 0.272 e. The molecule has 28 heavy (non-hydrogen) atoms. The molecule has 1 aromatic carbocycles. The van der Waals surface area contributed by atoms with Crippen LogP contribution in [0.1, 0.15) is 20.3 Å². The highest BCUT2D eigenvalue weighted by molar-refractivity contribution is 8.00. The number of nitrogens with zero attached hydrogens (tertiary/aromatic N) is 2. The van der Waals surface area contributed by atoms with Gasteiger partial charge in [-0.15, -0.1) is 17.9 Å². The predicted molar refractivity (Wildman–Crippen MR) is 118 cm³/mol. The van der Waals surface area contributed by atoms with E-state index >= 15 is 0 Å². The molecule has 0 fully saturated rings. The summed E-state index contributed by atoms with van der Waals surface area (Å²) in [4.78, 5) is 31.0. The van der Waals surface area contributed by atoms with Crippen molar-refractivity contribution in [2.75, 3.05) is 6.54 Å². The summed E-state index contributed by atoms with van der Waals surface area (Å²) in [5.41, 5.74) is 1.63. The van der Waals surface area contributed by atoms with Crippen LogP contribution in [0.2, 0.25) is 0 Å². The zero-order valence-corrected chi connectivity index (χ0v) is 17.6. The number of fused-ring (bicyclic) bond motifs is 1. The molecule has 0 unspecified atom stereocenters. The van der Waals surface area contributed by atoms with Gasteiger partial charge >= 0.3 is 0 Å². The summed E-state index contributed by atoms with van der Waals surface area (Å²) < 4.78 is 2.21. The average molecular weight is 414 g/mol. The quantitative estimate of drug-likeness (QED) is 0.339. The molecule has 3 rings (SSSR count). The number of hydrogen-bond donors (Lipinski definition) is 1. The first-order valence-electron chi connectivity index (χ1n) is 9.20. The Morgan fingerprint density at radius 2 is 2.14 bits per heavy atom. The zero-order valence-electron chi connectivity index (χ0n) is 16.0.